The maximum Gasteiger partial charge on any atom is 0.240 e. The van der Waals surface area contributed by atoms with E-state index in [0.29, 0.717) is 17.9 Å². The fraction of sp³-hybridized carbons (Fsp3) is 0.625. The highest BCUT2D eigenvalue weighted by molar-refractivity contribution is 7.89. The Balaban J connectivity index is 1.96. The van der Waals surface area contributed by atoms with E-state index in [1.165, 1.54) is 0 Å². The van der Waals surface area contributed by atoms with Crippen molar-refractivity contribution in [2.24, 2.45) is 5.41 Å². The molecule has 0 heterocycles. The lowest BCUT2D eigenvalue weighted by Gasteiger charge is -2.15. The Bertz CT molecular complexity index is 547. The van der Waals surface area contributed by atoms with Crippen LogP contribution in [0.2, 0.25) is 0 Å². The summed E-state index contributed by atoms with van der Waals surface area (Å²) in [6.45, 7) is 2.84. The Morgan fingerprint density at radius 2 is 1.90 bits per heavy atom. The van der Waals surface area contributed by atoms with Gasteiger partial charge in [0.05, 0.1) is 4.90 Å². The summed E-state index contributed by atoms with van der Waals surface area (Å²) >= 11 is 0. The Hall–Kier alpha value is -0.910. The molecule has 0 radical (unpaired) electrons. The molecule has 1 saturated carbocycles. The molecule has 0 aromatic heterocycles. The van der Waals surface area contributed by atoms with Crippen LogP contribution in [0.1, 0.15) is 44.6 Å². The zero-order valence-corrected chi connectivity index (χ0v) is 13.5. The summed E-state index contributed by atoms with van der Waals surface area (Å²) in [6, 6.07) is 6.94. The van der Waals surface area contributed by atoms with Gasteiger partial charge in [0.25, 0.3) is 0 Å². The van der Waals surface area contributed by atoms with Crippen molar-refractivity contribution in [3.8, 4) is 0 Å². The van der Waals surface area contributed by atoms with Crippen molar-refractivity contribution in [3.63, 3.8) is 0 Å². The van der Waals surface area contributed by atoms with Gasteiger partial charge in [-0.15, -0.1) is 0 Å². The molecule has 2 N–H and O–H groups in total. The van der Waals surface area contributed by atoms with Gasteiger partial charge in [-0.3, -0.25) is 0 Å². The van der Waals surface area contributed by atoms with Gasteiger partial charge in [0.2, 0.25) is 10.0 Å². The second kappa shape index (κ2) is 6.90. The number of aliphatic hydroxyl groups is 1. The lowest BCUT2D eigenvalue weighted by Crippen LogP contribution is -2.30. The minimum Gasteiger partial charge on any atom is -0.396 e. The third kappa shape index (κ3) is 4.53. The van der Waals surface area contributed by atoms with Crippen molar-refractivity contribution < 1.29 is 13.5 Å². The van der Waals surface area contributed by atoms with Gasteiger partial charge in [0.15, 0.2) is 0 Å². The van der Waals surface area contributed by atoms with Gasteiger partial charge in [0, 0.05) is 13.2 Å². The monoisotopic (exact) mass is 311 g/mol. The lowest BCUT2D eigenvalue weighted by molar-refractivity contribution is 0.288. The Kier molecular flexibility index (Phi) is 5.41. The standard InChI is InChI=1S/C16H25NO3S/c1-2-9-16(10-11-16)13-17-21(19,20)15-7-5-14(6-8-15)4-3-12-18/h5-8,17-18H,2-4,9-13H2,1H3. The van der Waals surface area contributed by atoms with Gasteiger partial charge < -0.3 is 5.11 Å². The number of rotatable bonds is 9. The van der Waals surface area contributed by atoms with Crippen LogP contribution in [-0.4, -0.2) is 26.7 Å². The molecule has 1 aliphatic rings. The molecule has 1 aromatic carbocycles. The van der Waals surface area contributed by atoms with Crippen LogP contribution >= 0.6 is 0 Å². The SMILES string of the molecule is CCCC1(CNS(=O)(=O)c2ccc(CCCO)cc2)CC1. The largest absolute Gasteiger partial charge is 0.396 e. The van der Waals surface area contributed by atoms with E-state index in [2.05, 4.69) is 11.6 Å². The van der Waals surface area contributed by atoms with E-state index >= 15 is 0 Å². The predicted octanol–water partition coefficient (Wildman–Crippen LogP) is 2.47. The molecule has 0 amide bonds. The number of hydrogen-bond acceptors (Lipinski definition) is 3. The minimum atomic E-state index is -3.41. The van der Waals surface area contributed by atoms with Gasteiger partial charge in [0.1, 0.15) is 0 Å². The molecule has 5 heteroatoms. The van der Waals surface area contributed by atoms with Gasteiger partial charge in [-0.1, -0.05) is 25.5 Å². The van der Waals surface area contributed by atoms with Gasteiger partial charge in [-0.2, -0.15) is 0 Å². The molecule has 1 fully saturated rings. The summed E-state index contributed by atoms with van der Waals surface area (Å²) in [5.74, 6) is 0. The van der Waals surface area contributed by atoms with E-state index in [4.69, 9.17) is 5.11 Å². The molecule has 0 spiro atoms. The van der Waals surface area contributed by atoms with Gasteiger partial charge in [-0.05, 0) is 55.2 Å². The molecule has 4 nitrogen and oxygen atoms in total. The summed E-state index contributed by atoms with van der Waals surface area (Å²) in [6.07, 6.45) is 5.91. The number of nitrogens with one attached hydrogen (secondary N) is 1. The summed E-state index contributed by atoms with van der Waals surface area (Å²) in [5, 5.41) is 8.80. The first-order valence-corrected chi connectivity index (χ1v) is 9.19. The zero-order valence-electron chi connectivity index (χ0n) is 12.6. The molecule has 0 bridgehead atoms. The fourth-order valence-electron chi connectivity index (χ4n) is 2.67. The second-order valence-corrected chi connectivity index (χ2v) is 7.81. The van der Waals surface area contributed by atoms with Crippen LogP contribution in [0.4, 0.5) is 0 Å². The molecular weight excluding hydrogens is 286 g/mol. The van der Waals surface area contributed by atoms with Crippen LogP contribution in [-0.2, 0) is 16.4 Å². The number of aliphatic hydroxyl groups excluding tert-OH is 1. The first-order valence-electron chi connectivity index (χ1n) is 7.71. The normalized spacial score (nSPS) is 16.9. The summed E-state index contributed by atoms with van der Waals surface area (Å²) in [7, 11) is -3.41. The number of aryl methyl sites for hydroxylation is 1. The third-order valence-electron chi connectivity index (χ3n) is 4.23. The minimum absolute atomic E-state index is 0.154. The molecule has 2 rings (SSSR count). The molecule has 0 aliphatic heterocycles. The van der Waals surface area contributed by atoms with Crippen LogP contribution in [0.3, 0.4) is 0 Å². The number of hydrogen-bond donors (Lipinski definition) is 2. The topological polar surface area (TPSA) is 66.4 Å². The van der Waals surface area contributed by atoms with Crippen molar-refractivity contribution >= 4 is 10.0 Å². The van der Waals surface area contributed by atoms with Crippen molar-refractivity contribution in [2.45, 2.75) is 50.3 Å². The molecule has 1 aliphatic carbocycles. The molecule has 21 heavy (non-hydrogen) atoms. The lowest BCUT2D eigenvalue weighted by atomic mass is 10.0. The predicted molar refractivity (Wildman–Crippen MR) is 83.6 cm³/mol. The highest BCUT2D eigenvalue weighted by Crippen LogP contribution is 2.49. The third-order valence-corrected chi connectivity index (χ3v) is 5.65. The van der Waals surface area contributed by atoms with Crippen molar-refractivity contribution in [3.05, 3.63) is 29.8 Å². The maximum absolute atomic E-state index is 12.3. The number of sulfonamides is 1. The highest BCUT2D eigenvalue weighted by atomic mass is 32.2. The summed E-state index contributed by atoms with van der Waals surface area (Å²) < 4.78 is 27.3. The maximum atomic E-state index is 12.3. The average molecular weight is 311 g/mol. The van der Waals surface area contributed by atoms with E-state index in [-0.39, 0.29) is 12.0 Å². The summed E-state index contributed by atoms with van der Waals surface area (Å²) in [4.78, 5) is 0.322. The molecular formula is C16H25NO3S. The molecule has 0 saturated heterocycles. The van der Waals surface area contributed by atoms with Crippen molar-refractivity contribution in [1.29, 1.82) is 0 Å². The van der Waals surface area contributed by atoms with Crippen LogP contribution in [0.15, 0.2) is 29.2 Å². The molecule has 118 valence electrons. The summed E-state index contributed by atoms with van der Waals surface area (Å²) in [5.41, 5.74) is 1.26. The van der Waals surface area contributed by atoms with E-state index in [9.17, 15) is 8.42 Å². The smallest absolute Gasteiger partial charge is 0.240 e. The van der Waals surface area contributed by atoms with Crippen LogP contribution in [0, 0.1) is 5.41 Å². The quantitative estimate of drug-likeness (QED) is 0.736. The first kappa shape index (κ1) is 16.5. The Morgan fingerprint density at radius 1 is 1.24 bits per heavy atom. The van der Waals surface area contributed by atoms with Gasteiger partial charge in [-0.25, -0.2) is 13.1 Å². The van der Waals surface area contributed by atoms with Crippen LogP contribution in [0.25, 0.3) is 0 Å². The Morgan fingerprint density at radius 3 is 2.43 bits per heavy atom. The van der Waals surface area contributed by atoms with E-state index < -0.39 is 10.0 Å². The van der Waals surface area contributed by atoms with Gasteiger partial charge >= 0.3 is 0 Å². The van der Waals surface area contributed by atoms with E-state index in [0.717, 1.165) is 37.7 Å². The number of benzene rings is 1. The second-order valence-electron chi connectivity index (χ2n) is 6.05. The fourth-order valence-corrected chi connectivity index (χ4v) is 3.83. The molecule has 0 unspecified atom stereocenters. The molecule has 1 aromatic rings. The highest BCUT2D eigenvalue weighted by Gasteiger charge is 2.42. The van der Waals surface area contributed by atoms with Crippen LogP contribution < -0.4 is 4.72 Å². The molecule has 0 atom stereocenters. The van der Waals surface area contributed by atoms with E-state index in [1.807, 2.05) is 12.1 Å². The van der Waals surface area contributed by atoms with E-state index in [1.54, 1.807) is 12.1 Å². The van der Waals surface area contributed by atoms with Crippen molar-refractivity contribution in [1.82, 2.24) is 4.72 Å². The average Bonchev–Trinajstić information content (AvgIpc) is 3.24. The van der Waals surface area contributed by atoms with Crippen LogP contribution in [0.5, 0.6) is 0 Å². The zero-order chi connectivity index (χ0) is 15.3. The Labute approximate surface area is 127 Å². The van der Waals surface area contributed by atoms with Crippen molar-refractivity contribution in [2.75, 3.05) is 13.2 Å². The first-order chi connectivity index (χ1) is 10.0.